The molecule has 0 aliphatic carbocycles. The van der Waals surface area contributed by atoms with Gasteiger partial charge in [-0.05, 0) is 56.2 Å². The number of methoxy groups -OCH3 is 1. The number of aliphatic hydroxyl groups is 1. The first-order chi connectivity index (χ1) is 13.6. The van der Waals surface area contributed by atoms with Gasteiger partial charge in [-0.25, -0.2) is 0 Å². The van der Waals surface area contributed by atoms with Gasteiger partial charge in [-0.1, -0.05) is 12.1 Å². The van der Waals surface area contributed by atoms with Crippen LogP contribution in [0.1, 0.15) is 42.2 Å². The zero-order valence-electron chi connectivity index (χ0n) is 16.6. The summed E-state index contributed by atoms with van der Waals surface area (Å²) in [6, 6.07) is 12.6. The first-order valence-electron chi connectivity index (χ1n) is 9.60. The van der Waals surface area contributed by atoms with Gasteiger partial charge in [-0.2, -0.15) is 0 Å². The van der Waals surface area contributed by atoms with Crippen LogP contribution in [0.4, 0.5) is 0 Å². The van der Waals surface area contributed by atoms with Crippen LogP contribution in [0.15, 0.2) is 42.5 Å². The molecule has 0 radical (unpaired) electrons. The Morgan fingerprint density at radius 3 is 2.57 bits per heavy atom. The fourth-order valence-electron chi connectivity index (χ4n) is 3.55. The van der Waals surface area contributed by atoms with Crippen LogP contribution >= 0.6 is 0 Å². The number of carbonyl (C=O) groups is 1. The second-order valence-corrected chi connectivity index (χ2v) is 6.67. The standard InChI is InChI=1S/C22H27NO5/c1-4-27-20-10-9-16(12-21(20)28-5-2)22(25)23-14-17(24)13-19(23)15-7-6-8-18(11-15)26-3/h6-12,17,19,24H,4-5,13-14H2,1-3H3. The highest BCUT2D eigenvalue weighted by Crippen LogP contribution is 2.36. The smallest absolute Gasteiger partial charge is 0.254 e. The number of hydrogen-bond acceptors (Lipinski definition) is 5. The molecule has 2 atom stereocenters. The summed E-state index contributed by atoms with van der Waals surface area (Å²) in [4.78, 5) is 15.0. The van der Waals surface area contributed by atoms with Crippen LogP contribution in [0.5, 0.6) is 17.2 Å². The fourth-order valence-corrected chi connectivity index (χ4v) is 3.55. The van der Waals surface area contributed by atoms with Crippen molar-refractivity contribution < 1.29 is 24.1 Å². The fraction of sp³-hybridized carbons (Fsp3) is 0.409. The average Bonchev–Trinajstić information content (AvgIpc) is 3.11. The van der Waals surface area contributed by atoms with Gasteiger partial charge in [0.15, 0.2) is 11.5 Å². The van der Waals surface area contributed by atoms with E-state index in [1.165, 1.54) is 0 Å². The lowest BCUT2D eigenvalue weighted by atomic mass is 10.0. The van der Waals surface area contributed by atoms with Gasteiger partial charge in [0.2, 0.25) is 0 Å². The summed E-state index contributed by atoms with van der Waals surface area (Å²) >= 11 is 0. The zero-order chi connectivity index (χ0) is 20.1. The number of carbonyl (C=O) groups excluding carboxylic acids is 1. The van der Waals surface area contributed by atoms with Crippen LogP contribution in [0, 0.1) is 0 Å². The number of aliphatic hydroxyl groups excluding tert-OH is 1. The highest BCUT2D eigenvalue weighted by molar-refractivity contribution is 5.95. The zero-order valence-corrected chi connectivity index (χ0v) is 16.6. The highest BCUT2D eigenvalue weighted by Gasteiger charge is 2.36. The first kappa shape index (κ1) is 20.0. The van der Waals surface area contributed by atoms with E-state index < -0.39 is 6.10 Å². The molecule has 0 aromatic heterocycles. The van der Waals surface area contributed by atoms with Crippen LogP contribution in [-0.4, -0.2) is 48.9 Å². The maximum atomic E-state index is 13.2. The molecule has 1 aliphatic rings. The van der Waals surface area contributed by atoms with Crippen molar-refractivity contribution in [3.05, 3.63) is 53.6 Å². The maximum Gasteiger partial charge on any atom is 0.254 e. The minimum absolute atomic E-state index is 0.145. The van der Waals surface area contributed by atoms with Gasteiger partial charge in [-0.15, -0.1) is 0 Å². The third-order valence-electron chi connectivity index (χ3n) is 4.81. The molecule has 6 nitrogen and oxygen atoms in total. The van der Waals surface area contributed by atoms with E-state index in [1.54, 1.807) is 30.2 Å². The summed E-state index contributed by atoms with van der Waals surface area (Å²) in [7, 11) is 1.61. The Balaban J connectivity index is 1.90. The number of rotatable bonds is 7. The van der Waals surface area contributed by atoms with Crippen molar-refractivity contribution in [2.75, 3.05) is 26.9 Å². The van der Waals surface area contributed by atoms with E-state index in [9.17, 15) is 9.90 Å². The molecule has 1 saturated heterocycles. The molecule has 0 spiro atoms. The summed E-state index contributed by atoms with van der Waals surface area (Å²) in [5.74, 6) is 1.75. The van der Waals surface area contributed by atoms with Crippen LogP contribution in [-0.2, 0) is 0 Å². The Morgan fingerprint density at radius 2 is 1.86 bits per heavy atom. The van der Waals surface area contributed by atoms with Gasteiger partial charge in [0.05, 0.1) is 32.5 Å². The van der Waals surface area contributed by atoms with Crippen molar-refractivity contribution in [2.24, 2.45) is 0 Å². The summed E-state index contributed by atoms with van der Waals surface area (Å²) in [6.45, 7) is 5.08. The average molecular weight is 385 g/mol. The maximum absolute atomic E-state index is 13.2. The number of amides is 1. The predicted octanol–water partition coefficient (Wildman–Crippen LogP) is 3.44. The van der Waals surface area contributed by atoms with Crippen LogP contribution in [0.3, 0.4) is 0 Å². The largest absolute Gasteiger partial charge is 0.497 e. The summed E-state index contributed by atoms with van der Waals surface area (Å²) in [5, 5.41) is 10.2. The molecule has 1 fully saturated rings. The normalized spacial score (nSPS) is 18.8. The molecular formula is C22H27NO5. The second-order valence-electron chi connectivity index (χ2n) is 6.67. The van der Waals surface area contributed by atoms with E-state index in [4.69, 9.17) is 14.2 Å². The van der Waals surface area contributed by atoms with E-state index in [-0.39, 0.29) is 18.5 Å². The van der Waals surface area contributed by atoms with Gasteiger partial charge in [-0.3, -0.25) is 4.79 Å². The third-order valence-corrected chi connectivity index (χ3v) is 4.81. The number of nitrogens with zero attached hydrogens (tertiary/aromatic N) is 1. The molecule has 2 unspecified atom stereocenters. The Bertz CT molecular complexity index is 822. The van der Waals surface area contributed by atoms with E-state index >= 15 is 0 Å². The van der Waals surface area contributed by atoms with E-state index in [0.717, 1.165) is 11.3 Å². The molecule has 1 N–H and O–H groups in total. The summed E-state index contributed by atoms with van der Waals surface area (Å²) in [6.07, 6.45) is -0.0666. The van der Waals surface area contributed by atoms with Crippen LogP contribution < -0.4 is 14.2 Å². The molecule has 2 aromatic rings. The van der Waals surface area contributed by atoms with Crippen molar-refractivity contribution >= 4 is 5.91 Å². The lowest BCUT2D eigenvalue weighted by molar-refractivity contribution is 0.0715. The Kier molecular flexibility index (Phi) is 6.41. The number of ether oxygens (including phenoxy) is 3. The SMILES string of the molecule is CCOc1ccc(C(=O)N2CC(O)CC2c2cccc(OC)c2)cc1OCC. The number of likely N-dealkylation sites (tertiary alicyclic amines) is 1. The molecule has 1 aliphatic heterocycles. The summed E-state index contributed by atoms with van der Waals surface area (Å²) in [5.41, 5.74) is 1.45. The van der Waals surface area contributed by atoms with Gasteiger partial charge >= 0.3 is 0 Å². The second kappa shape index (κ2) is 8.97. The van der Waals surface area contributed by atoms with Crippen molar-refractivity contribution in [3.8, 4) is 17.2 Å². The minimum atomic E-state index is -0.561. The quantitative estimate of drug-likeness (QED) is 0.791. The lowest BCUT2D eigenvalue weighted by Crippen LogP contribution is -2.31. The van der Waals surface area contributed by atoms with E-state index in [0.29, 0.717) is 36.7 Å². The van der Waals surface area contributed by atoms with Crippen molar-refractivity contribution in [1.82, 2.24) is 4.90 Å². The topological polar surface area (TPSA) is 68.2 Å². The van der Waals surface area contributed by atoms with Gasteiger partial charge in [0, 0.05) is 12.1 Å². The molecule has 150 valence electrons. The molecule has 3 rings (SSSR count). The van der Waals surface area contributed by atoms with Crippen molar-refractivity contribution in [3.63, 3.8) is 0 Å². The predicted molar refractivity (Wildman–Crippen MR) is 106 cm³/mol. The Hall–Kier alpha value is -2.73. The van der Waals surface area contributed by atoms with E-state index in [2.05, 4.69) is 0 Å². The highest BCUT2D eigenvalue weighted by atomic mass is 16.5. The molecule has 0 bridgehead atoms. The number of benzene rings is 2. The monoisotopic (exact) mass is 385 g/mol. The third kappa shape index (κ3) is 4.22. The first-order valence-corrected chi connectivity index (χ1v) is 9.60. The van der Waals surface area contributed by atoms with Crippen molar-refractivity contribution in [1.29, 1.82) is 0 Å². The van der Waals surface area contributed by atoms with Gasteiger partial charge in [0.1, 0.15) is 5.75 Å². The molecule has 1 heterocycles. The molecule has 6 heteroatoms. The lowest BCUT2D eigenvalue weighted by Gasteiger charge is -2.25. The van der Waals surface area contributed by atoms with Gasteiger partial charge < -0.3 is 24.2 Å². The molecule has 1 amide bonds. The minimum Gasteiger partial charge on any atom is -0.497 e. The molecular weight excluding hydrogens is 358 g/mol. The number of β-amino-alcohol motifs (C(OH)–C–C–N with tert-alkyl or cyclic N) is 1. The van der Waals surface area contributed by atoms with Crippen LogP contribution in [0.25, 0.3) is 0 Å². The van der Waals surface area contributed by atoms with Gasteiger partial charge in [0.25, 0.3) is 5.91 Å². The molecule has 2 aromatic carbocycles. The number of hydrogen-bond donors (Lipinski definition) is 1. The van der Waals surface area contributed by atoms with Crippen molar-refractivity contribution in [2.45, 2.75) is 32.4 Å². The summed E-state index contributed by atoms with van der Waals surface area (Å²) < 4.78 is 16.5. The van der Waals surface area contributed by atoms with E-state index in [1.807, 2.05) is 38.1 Å². The Labute approximate surface area is 165 Å². The molecule has 0 saturated carbocycles. The Morgan fingerprint density at radius 1 is 1.11 bits per heavy atom. The molecule has 28 heavy (non-hydrogen) atoms. The van der Waals surface area contributed by atoms with Crippen LogP contribution in [0.2, 0.25) is 0 Å².